The van der Waals surface area contributed by atoms with Crippen LogP contribution in [-0.2, 0) is 16.1 Å². The van der Waals surface area contributed by atoms with E-state index in [-0.39, 0.29) is 24.4 Å². The number of amides is 2. The number of carbonyl (C=O) groups is 2. The van der Waals surface area contributed by atoms with Crippen molar-refractivity contribution in [2.45, 2.75) is 19.5 Å². The van der Waals surface area contributed by atoms with E-state index in [2.05, 4.69) is 21.2 Å². The van der Waals surface area contributed by atoms with Crippen molar-refractivity contribution in [3.05, 3.63) is 20.8 Å². The Morgan fingerprint density at radius 3 is 3.00 bits per heavy atom. The predicted molar refractivity (Wildman–Crippen MR) is 65.0 cm³/mol. The Labute approximate surface area is 106 Å². The maximum absolute atomic E-state index is 11.4. The van der Waals surface area contributed by atoms with E-state index in [1.54, 1.807) is 11.3 Å². The van der Waals surface area contributed by atoms with E-state index in [0.717, 1.165) is 9.35 Å². The molecule has 1 fully saturated rings. The summed E-state index contributed by atoms with van der Waals surface area (Å²) in [5.41, 5.74) is 0. The number of thiophene rings is 1. The van der Waals surface area contributed by atoms with Gasteiger partial charge in [-0.25, -0.2) is 0 Å². The number of nitrogens with one attached hydrogen (secondary N) is 1. The first-order valence-corrected chi connectivity index (χ1v) is 6.54. The van der Waals surface area contributed by atoms with Gasteiger partial charge in [-0.2, -0.15) is 0 Å². The molecule has 2 heterocycles. The number of nitrogens with zero attached hydrogens (tertiary/aromatic N) is 1. The molecule has 1 aromatic rings. The van der Waals surface area contributed by atoms with E-state index in [4.69, 9.17) is 0 Å². The van der Waals surface area contributed by atoms with Crippen molar-refractivity contribution >= 4 is 39.1 Å². The number of carbonyl (C=O) groups excluding carboxylic acids is 2. The number of rotatable bonds is 2. The molecule has 6 heteroatoms. The molecule has 2 amide bonds. The van der Waals surface area contributed by atoms with E-state index >= 15 is 0 Å². The van der Waals surface area contributed by atoms with Gasteiger partial charge in [0.25, 0.3) is 0 Å². The van der Waals surface area contributed by atoms with Crippen LogP contribution in [0.2, 0.25) is 0 Å². The fourth-order valence-electron chi connectivity index (χ4n) is 1.60. The Hall–Kier alpha value is -0.720. The van der Waals surface area contributed by atoms with Gasteiger partial charge in [0.2, 0.25) is 11.8 Å². The minimum Gasteiger partial charge on any atom is -0.294 e. The monoisotopic (exact) mass is 302 g/mol. The molecule has 1 N–H and O–H groups in total. The average molecular weight is 303 g/mol. The van der Waals surface area contributed by atoms with Crippen LogP contribution in [0.25, 0.3) is 0 Å². The SMILES string of the molecule is CC1C(=O)NC(=O)CN1Cc1cc(Br)cs1. The second-order valence-electron chi connectivity index (χ2n) is 3.72. The molecule has 1 unspecified atom stereocenters. The number of hydrogen-bond acceptors (Lipinski definition) is 4. The lowest BCUT2D eigenvalue weighted by atomic mass is 10.2. The quantitative estimate of drug-likeness (QED) is 0.839. The van der Waals surface area contributed by atoms with Crippen molar-refractivity contribution in [2.75, 3.05) is 6.54 Å². The summed E-state index contributed by atoms with van der Waals surface area (Å²) < 4.78 is 1.04. The molecule has 0 aromatic carbocycles. The lowest BCUT2D eigenvalue weighted by Gasteiger charge is -2.30. The van der Waals surface area contributed by atoms with Crippen LogP contribution in [-0.4, -0.2) is 29.3 Å². The highest BCUT2D eigenvalue weighted by atomic mass is 79.9. The van der Waals surface area contributed by atoms with Crippen LogP contribution < -0.4 is 5.32 Å². The van der Waals surface area contributed by atoms with E-state index in [1.807, 2.05) is 23.3 Å². The molecule has 1 aliphatic heterocycles. The molecular weight excluding hydrogens is 292 g/mol. The first-order chi connectivity index (χ1) is 7.56. The van der Waals surface area contributed by atoms with Gasteiger partial charge in [-0.05, 0) is 28.9 Å². The van der Waals surface area contributed by atoms with Gasteiger partial charge in [-0.3, -0.25) is 19.8 Å². The maximum Gasteiger partial charge on any atom is 0.243 e. The van der Waals surface area contributed by atoms with Crippen LogP contribution in [0.4, 0.5) is 0 Å². The van der Waals surface area contributed by atoms with Crippen LogP contribution in [0.5, 0.6) is 0 Å². The van der Waals surface area contributed by atoms with Crippen LogP contribution in [0.1, 0.15) is 11.8 Å². The molecule has 1 saturated heterocycles. The number of halogens is 1. The highest BCUT2D eigenvalue weighted by molar-refractivity contribution is 9.10. The zero-order chi connectivity index (χ0) is 11.7. The number of piperazine rings is 1. The summed E-state index contributed by atoms with van der Waals surface area (Å²) in [6.45, 7) is 2.73. The third kappa shape index (κ3) is 2.50. The fourth-order valence-corrected chi connectivity index (χ4v) is 3.07. The molecule has 1 atom stereocenters. The summed E-state index contributed by atoms with van der Waals surface area (Å²) in [6.07, 6.45) is 0. The van der Waals surface area contributed by atoms with Crippen molar-refractivity contribution in [3.8, 4) is 0 Å². The third-order valence-electron chi connectivity index (χ3n) is 2.52. The van der Waals surface area contributed by atoms with E-state index in [1.165, 1.54) is 0 Å². The van der Waals surface area contributed by atoms with E-state index in [0.29, 0.717) is 6.54 Å². The van der Waals surface area contributed by atoms with Crippen LogP contribution in [0.3, 0.4) is 0 Å². The van der Waals surface area contributed by atoms with Crippen molar-refractivity contribution in [3.63, 3.8) is 0 Å². The van der Waals surface area contributed by atoms with Gasteiger partial charge in [-0.15, -0.1) is 11.3 Å². The van der Waals surface area contributed by atoms with E-state index < -0.39 is 0 Å². The van der Waals surface area contributed by atoms with Gasteiger partial charge in [0.05, 0.1) is 12.6 Å². The molecule has 2 rings (SSSR count). The summed E-state index contributed by atoms with van der Waals surface area (Å²) in [5, 5.41) is 4.32. The highest BCUT2D eigenvalue weighted by Gasteiger charge is 2.30. The van der Waals surface area contributed by atoms with Crippen LogP contribution >= 0.6 is 27.3 Å². The predicted octanol–water partition coefficient (Wildman–Crippen LogP) is 1.36. The highest BCUT2D eigenvalue weighted by Crippen LogP contribution is 2.22. The zero-order valence-electron chi connectivity index (χ0n) is 8.70. The largest absolute Gasteiger partial charge is 0.294 e. The van der Waals surface area contributed by atoms with E-state index in [9.17, 15) is 9.59 Å². The van der Waals surface area contributed by atoms with Crippen molar-refractivity contribution in [1.29, 1.82) is 0 Å². The standard InChI is InChI=1S/C10H11BrN2O2S/c1-6-10(15)12-9(14)4-13(6)3-8-2-7(11)5-16-8/h2,5-6H,3-4H2,1H3,(H,12,14,15). The summed E-state index contributed by atoms with van der Waals surface area (Å²) in [7, 11) is 0. The Morgan fingerprint density at radius 2 is 2.38 bits per heavy atom. The van der Waals surface area contributed by atoms with Gasteiger partial charge in [-0.1, -0.05) is 0 Å². The summed E-state index contributed by atoms with van der Waals surface area (Å²) in [4.78, 5) is 25.7. The van der Waals surface area contributed by atoms with Gasteiger partial charge < -0.3 is 0 Å². The number of imide groups is 1. The second-order valence-corrected chi connectivity index (χ2v) is 5.64. The normalized spacial score (nSPS) is 22.2. The molecule has 0 radical (unpaired) electrons. The van der Waals surface area contributed by atoms with Gasteiger partial charge in [0.1, 0.15) is 0 Å². The molecule has 16 heavy (non-hydrogen) atoms. The first kappa shape index (κ1) is 11.8. The topological polar surface area (TPSA) is 49.4 Å². The molecular formula is C10H11BrN2O2S. The molecule has 86 valence electrons. The molecule has 0 aliphatic carbocycles. The molecule has 0 bridgehead atoms. The fraction of sp³-hybridized carbons (Fsp3) is 0.400. The van der Waals surface area contributed by atoms with Crippen LogP contribution in [0, 0.1) is 0 Å². The lowest BCUT2D eigenvalue weighted by Crippen LogP contribution is -2.56. The molecule has 0 spiro atoms. The van der Waals surface area contributed by atoms with Gasteiger partial charge >= 0.3 is 0 Å². The van der Waals surface area contributed by atoms with Crippen molar-refractivity contribution < 1.29 is 9.59 Å². The molecule has 1 aliphatic rings. The first-order valence-electron chi connectivity index (χ1n) is 4.87. The Kier molecular flexibility index (Phi) is 3.41. The Morgan fingerprint density at radius 1 is 1.62 bits per heavy atom. The minimum absolute atomic E-state index is 0.216. The summed E-state index contributed by atoms with van der Waals surface area (Å²) in [6, 6.07) is 1.76. The smallest absolute Gasteiger partial charge is 0.243 e. The van der Waals surface area contributed by atoms with Gasteiger partial charge in [0.15, 0.2) is 0 Å². The van der Waals surface area contributed by atoms with Crippen molar-refractivity contribution in [1.82, 2.24) is 10.2 Å². The molecule has 0 saturated carbocycles. The number of hydrogen-bond donors (Lipinski definition) is 1. The maximum atomic E-state index is 11.4. The molecule has 1 aromatic heterocycles. The van der Waals surface area contributed by atoms with Gasteiger partial charge in [0, 0.05) is 21.3 Å². The van der Waals surface area contributed by atoms with Crippen LogP contribution in [0.15, 0.2) is 15.9 Å². The van der Waals surface area contributed by atoms with Crippen molar-refractivity contribution in [2.24, 2.45) is 0 Å². The lowest BCUT2D eigenvalue weighted by molar-refractivity contribution is -0.139. The summed E-state index contributed by atoms with van der Waals surface area (Å²) in [5.74, 6) is -0.439. The second kappa shape index (κ2) is 4.65. The zero-order valence-corrected chi connectivity index (χ0v) is 11.1. The third-order valence-corrected chi connectivity index (χ3v) is 4.20. The molecule has 4 nitrogen and oxygen atoms in total. The summed E-state index contributed by atoms with van der Waals surface area (Å²) >= 11 is 5.00. The Bertz CT molecular complexity index is 432. The average Bonchev–Trinajstić information content (AvgIpc) is 2.60. The Balaban J connectivity index is 2.08. The minimum atomic E-state index is -0.251.